The molecular weight excluding hydrogens is 398 g/mol. The Balaban J connectivity index is 0.00000225. The number of sulfonamides is 1. The van der Waals surface area contributed by atoms with Crippen molar-refractivity contribution in [3.63, 3.8) is 0 Å². The highest BCUT2D eigenvalue weighted by atomic mass is 35.5. The van der Waals surface area contributed by atoms with Crippen LogP contribution in [0.2, 0.25) is 0 Å². The standard InChI is InChI=1S/C20H29N3O3S.ClH/c21-18-6-2-5-17(13-18)20(24)22-9-11-23(12-10-22)27(25,26)19-8-7-15-3-1-4-16(15)14-19;/h7-8,14,17-18H,1-6,9-13,21H2;1H. The van der Waals surface area contributed by atoms with Crippen LogP contribution in [0.3, 0.4) is 0 Å². The second kappa shape index (κ2) is 8.69. The number of fused-ring (bicyclic) bond motifs is 1. The monoisotopic (exact) mass is 427 g/mol. The fourth-order valence-corrected chi connectivity index (χ4v) is 6.19. The minimum atomic E-state index is -3.49. The first kappa shape index (κ1) is 21.6. The lowest BCUT2D eigenvalue weighted by Crippen LogP contribution is -2.52. The first-order valence-corrected chi connectivity index (χ1v) is 11.6. The Morgan fingerprint density at radius 2 is 1.71 bits per heavy atom. The van der Waals surface area contributed by atoms with Gasteiger partial charge in [-0.25, -0.2) is 8.42 Å². The van der Waals surface area contributed by atoms with E-state index in [0.29, 0.717) is 31.1 Å². The fourth-order valence-electron chi connectivity index (χ4n) is 4.72. The third-order valence-electron chi connectivity index (χ3n) is 6.32. The predicted molar refractivity (Wildman–Crippen MR) is 111 cm³/mol. The molecule has 0 radical (unpaired) electrons. The summed E-state index contributed by atoms with van der Waals surface area (Å²) < 4.78 is 27.6. The molecule has 2 atom stereocenters. The molecule has 2 aliphatic carbocycles. The molecule has 1 saturated carbocycles. The van der Waals surface area contributed by atoms with E-state index in [-0.39, 0.29) is 30.3 Å². The van der Waals surface area contributed by atoms with Gasteiger partial charge >= 0.3 is 0 Å². The number of benzene rings is 1. The molecule has 3 aliphatic rings. The van der Waals surface area contributed by atoms with Gasteiger partial charge in [-0.05, 0) is 61.8 Å². The van der Waals surface area contributed by atoms with Crippen LogP contribution in [0.1, 0.15) is 43.2 Å². The number of nitrogens with zero attached hydrogens (tertiary/aromatic N) is 2. The van der Waals surface area contributed by atoms with Crippen molar-refractivity contribution in [1.82, 2.24) is 9.21 Å². The summed E-state index contributed by atoms with van der Waals surface area (Å²) in [7, 11) is -3.49. The van der Waals surface area contributed by atoms with E-state index in [1.165, 1.54) is 15.4 Å². The van der Waals surface area contributed by atoms with Gasteiger partial charge in [-0.15, -0.1) is 12.4 Å². The molecule has 8 heteroatoms. The van der Waals surface area contributed by atoms with Gasteiger partial charge < -0.3 is 10.6 Å². The number of carbonyl (C=O) groups excluding carboxylic acids is 1. The number of hydrogen-bond donors (Lipinski definition) is 1. The average molecular weight is 428 g/mol. The van der Waals surface area contributed by atoms with E-state index in [4.69, 9.17) is 5.73 Å². The topological polar surface area (TPSA) is 83.7 Å². The SMILES string of the molecule is Cl.NC1CCCC(C(=O)N2CCN(S(=O)(=O)c3ccc4c(c3)CCC4)CC2)C1. The summed E-state index contributed by atoms with van der Waals surface area (Å²) in [5, 5.41) is 0. The molecule has 0 spiro atoms. The molecule has 28 heavy (non-hydrogen) atoms. The quantitative estimate of drug-likeness (QED) is 0.799. The molecule has 0 bridgehead atoms. The summed E-state index contributed by atoms with van der Waals surface area (Å²) in [6, 6.07) is 5.66. The van der Waals surface area contributed by atoms with Crippen LogP contribution in [0.15, 0.2) is 23.1 Å². The van der Waals surface area contributed by atoms with E-state index >= 15 is 0 Å². The Hall–Kier alpha value is -1.15. The van der Waals surface area contributed by atoms with Crippen LogP contribution in [-0.2, 0) is 27.7 Å². The van der Waals surface area contributed by atoms with Gasteiger partial charge in [0, 0.05) is 38.1 Å². The van der Waals surface area contributed by atoms with Gasteiger partial charge in [-0.1, -0.05) is 12.5 Å². The van der Waals surface area contributed by atoms with Crippen molar-refractivity contribution < 1.29 is 13.2 Å². The van der Waals surface area contributed by atoms with E-state index in [1.807, 2.05) is 17.0 Å². The molecule has 2 unspecified atom stereocenters. The zero-order valence-electron chi connectivity index (χ0n) is 16.2. The predicted octanol–water partition coefficient (Wildman–Crippen LogP) is 1.95. The molecule has 1 saturated heterocycles. The average Bonchev–Trinajstić information content (AvgIpc) is 3.15. The Kier molecular flexibility index (Phi) is 6.69. The Labute approximate surface area is 173 Å². The molecule has 156 valence electrons. The van der Waals surface area contributed by atoms with Gasteiger partial charge in [0.15, 0.2) is 0 Å². The normalized spacial score (nSPS) is 25.8. The molecule has 1 heterocycles. The summed E-state index contributed by atoms with van der Waals surface area (Å²) >= 11 is 0. The highest BCUT2D eigenvalue weighted by molar-refractivity contribution is 7.89. The minimum absolute atomic E-state index is 0. The largest absolute Gasteiger partial charge is 0.340 e. The van der Waals surface area contributed by atoms with Gasteiger partial charge in [0.2, 0.25) is 15.9 Å². The molecule has 1 amide bonds. The summed E-state index contributed by atoms with van der Waals surface area (Å²) in [6.45, 7) is 1.66. The number of halogens is 1. The third kappa shape index (κ3) is 4.22. The van der Waals surface area contributed by atoms with E-state index < -0.39 is 10.0 Å². The second-order valence-electron chi connectivity index (χ2n) is 8.14. The van der Waals surface area contributed by atoms with Crippen LogP contribution in [0.25, 0.3) is 0 Å². The lowest BCUT2D eigenvalue weighted by atomic mass is 9.85. The fraction of sp³-hybridized carbons (Fsp3) is 0.650. The van der Waals surface area contributed by atoms with Crippen molar-refractivity contribution in [3.8, 4) is 0 Å². The van der Waals surface area contributed by atoms with Crippen LogP contribution in [0.4, 0.5) is 0 Å². The molecular formula is C20H30ClN3O3S. The number of aryl methyl sites for hydroxylation is 2. The van der Waals surface area contributed by atoms with Gasteiger partial charge in [-0.3, -0.25) is 4.79 Å². The number of carbonyl (C=O) groups is 1. The smallest absolute Gasteiger partial charge is 0.243 e. The lowest BCUT2D eigenvalue weighted by molar-refractivity contribution is -0.137. The maximum atomic E-state index is 13.0. The van der Waals surface area contributed by atoms with Gasteiger partial charge in [-0.2, -0.15) is 4.31 Å². The van der Waals surface area contributed by atoms with E-state index in [1.54, 1.807) is 6.07 Å². The molecule has 1 aromatic carbocycles. The van der Waals surface area contributed by atoms with Crippen molar-refractivity contribution in [1.29, 1.82) is 0 Å². The number of rotatable bonds is 3. The van der Waals surface area contributed by atoms with Crippen LogP contribution in [0, 0.1) is 5.92 Å². The molecule has 6 nitrogen and oxygen atoms in total. The Morgan fingerprint density at radius 3 is 2.43 bits per heavy atom. The van der Waals surface area contributed by atoms with Crippen LogP contribution in [0.5, 0.6) is 0 Å². The molecule has 0 aromatic heterocycles. The van der Waals surface area contributed by atoms with Crippen molar-refractivity contribution in [2.75, 3.05) is 26.2 Å². The molecule has 2 N–H and O–H groups in total. The van der Waals surface area contributed by atoms with Crippen LogP contribution >= 0.6 is 12.4 Å². The second-order valence-corrected chi connectivity index (χ2v) is 10.1. The Bertz CT molecular complexity index is 822. The number of nitrogens with two attached hydrogens (primary N) is 1. The van der Waals surface area contributed by atoms with Crippen LogP contribution in [-0.4, -0.2) is 55.8 Å². The Morgan fingerprint density at radius 1 is 1.00 bits per heavy atom. The zero-order valence-corrected chi connectivity index (χ0v) is 17.8. The van der Waals surface area contributed by atoms with Gasteiger partial charge in [0.05, 0.1) is 4.90 Å². The first-order valence-electron chi connectivity index (χ1n) is 10.1. The number of piperazine rings is 1. The summed E-state index contributed by atoms with van der Waals surface area (Å²) in [6.07, 6.45) is 6.77. The molecule has 1 aromatic rings. The zero-order chi connectivity index (χ0) is 19.0. The number of amides is 1. The summed E-state index contributed by atoms with van der Waals surface area (Å²) in [4.78, 5) is 15.0. The molecule has 4 rings (SSSR count). The van der Waals surface area contributed by atoms with E-state index in [0.717, 1.165) is 44.9 Å². The maximum absolute atomic E-state index is 13.0. The van der Waals surface area contributed by atoms with E-state index in [2.05, 4.69) is 0 Å². The highest BCUT2D eigenvalue weighted by Gasteiger charge is 2.34. The summed E-state index contributed by atoms with van der Waals surface area (Å²) in [5.74, 6) is 0.161. The first-order chi connectivity index (χ1) is 12.9. The lowest BCUT2D eigenvalue weighted by Gasteiger charge is -2.37. The molecule has 1 aliphatic heterocycles. The number of hydrogen-bond acceptors (Lipinski definition) is 4. The van der Waals surface area contributed by atoms with E-state index in [9.17, 15) is 13.2 Å². The van der Waals surface area contributed by atoms with Crippen LogP contribution < -0.4 is 5.73 Å². The van der Waals surface area contributed by atoms with Crippen molar-refractivity contribution in [3.05, 3.63) is 29.3 Å². The van der Waals surface area contributed by atoms with Gasteiger partial charge in [0.1, 0.15) is 0 Å². The highest BCUT2D eigenvalue weighted by Crippen LogP contribution is 2.28. The van der Waals surface area contributed by atoms with Gasteiger partial charge in [0.25, 0.3) is 0 Å². The van der Waals surface area contributed by atoms with Crippen molar-refractivity contribution in [2.45, 2.75) is 55.9 Å². The maximum Gasteiger partial charge on any atom is 0.243 e. The van der Waals surface area contributed by atoms with Crippen molar-refractivity contribution in [2.24, 2.45) is 11.7 Å². The third-order valence-corrected chi connectivity index (χ3v) is 8.22. The summed E-state index contributed by atoms with van der Waals surface area (Å²) in [5.41, 5.74) is 8.45. The minimum Gasteiger partial charge on any atom is -0.340 e. The molecule has 2 fully saturated rings. The van der Waals surface area contributed by atoms with Crippen molar-refractivity contribution >= 4 is 28.3 Å².